The second-order valence-corrected chi connectivity index (χ2v) is 8.51. The maximum Gasteiger partial charge on any atom is 0.262 e. The van der Waals surface area contributed by atoms with Gasteiger partial charge in [-0.2, -0.15) is 0 Å². The summed E-state index contributed by atoms with van der Waals surface area (Å²) in [6, 6.07) is 10.6. The minimum atomic E-state index is -0.434. The zero-order valence-corrected chi connectivity index (χ0v) is 18.8. The molecule has 0 aliphatic heterocycles. The van der Waals surface area contributed by atoms with E-state index in [1.807, 2.05) is 13.8 Å². The van der Waals surface area contributed by atoms with E-state index in [4.69, 9.17) is 16.3 Å². The van der Waals surface area contributed by atoms with E-state index >= 15 is 0 Å². The summed E-state index contributed by atoms with van der Waals surface area (Å²) in [6.07, 6.45) is 0.732. The van der Waals surface area contributed by atoms with Crippen molar-refractivity contribution in [1.29, 1.82) is 0 Å². The van der Waals surface area contributed by atoms with Crippen molar-refractivity contribution in [3.63, 3.8) is 0 Å². The van der Waals surface area contributed by atoms with Gasteiger partial charge in [0.1, 0.15) is 5.82 Å². The van der Waals surface area contributed by atoms with Crippen LogP contribution < -0.4 is 10.9 Å². The molecule has 0 saturated carbocycles. The minimum absolute atomic E-state index is 0.0114. The highest BCUT2D eigenvalue weighted by Crippen LogP contribution is 2.21. The summed E-state index contributed by atoms with van der Waals surface area (Å²) in [5.74, 6) is -0.751. The number of fused-ring (bicyclic) bond motifs is 1. The van der Waals surface area contributed by atoms with Crippen LogP contribution in [0.15, 0.2) is 52.4 Å². The summed E-state index contributed by atoms with van der Waals surface area (Å²) in [4.78, 5) is 29.9. The lowest BCUT2D eigenvalue weighted by Crippen LogP contribution is -2.25. The number of thioether (sulfide) groups is 1. The fourth-order valence-electron chi connectivity index (χ4n) is 2.92. The highest BCUT2D eigenvalue weighted by Gasteiger charge is 2.14. The molecular weight excluding hydrogens is 441 g/mol. The first-order valence-corrected chi connectivity index (χ1v) is 11.2. The molecule has 0 unspecified atom stereocenters. The van der Waals surface area contributed by atoms with Crippen molar-refractivity contribution in [3.8, 4) is 0 Å². The second kappa shape index (κ2) is 10.7. The molecule has 9 heteroatoms. The van der Waals surface area contributed by atoms with Crippen LogP contribution in [-0.4, -0.2) is 33.9 Å². The fourth-order valence-corrected chi connectivity index (χ4v) is 3.91. The SMILES string of the molecule is CC(C)OCCCn1c(SCC(=O)Nc2cccc(F)c2)nc2cc(Cl)ccc2c1=O. The molecule has 0 fully saturated rings. The Morgan fingerprint density at radius 2 is 2.10 bits per heavy atom. The molecular formula is C22H23ClFN3O3S. The third kappa shape index (κ3) is 6.53. The van der Waals surface area contributed by atoms with Crippen LogP contribution in [0.5, 0.6) is 0 Å². The Hall–Kier alpha value is -2.42. The number of rotatable bonds is 9. The number of anilines is 1. The number of ether oxygens (including phenoxy) is 1. The van der Waals surface area contributed by atoms with Crippen LogP contribution in [0.25, 0.3) is 10.9 Å². The van der Waals surface area contributed by atoms with Crippen LogP contribution in [0.4, 0.5) is 10.1 Å². The molecule has 0 aliphatic carbocycles. The van der Waals surface area contributed by atoms with Crippen LogP contribution in [0.2, 0.25) is 5.02 Å². The maximum absolute atomic E-state index is 13.3. The Labute approximate surface area is 188 Å². The van der Waals surface area contributed by atoms with Crippen LogP contribution >= 0.6 is 23.4 Å². The van der Waals surface area contributed by atoms with Gasteiger partial charge in [0, 0.05) is 23.9 Å². The van der Waals surface area contributed by atoms with Gasteiger partial charge in [-0.15, -0.1) is 0 Å². The van der Waals surface area contributed by atoms with Gasteiger partial charge in [-0.1, -0.05) is 29.4 Å². The number of hydrogen-bond acceptors (Lipinski definition) is 5. The standard InChI is InChI=1S/C22H23ClFN3O3S/c1-14(2)30-10-4-9-27-21(29)18-8-7-15(23)11-19(18)26-22(27)31-13-20(28)25-17-6-3-5-16(24)12-17/h3,5-8,11-12,14H,4,9-10,13H2,1-2H3,(H,25,28). The van der Waals surface area contributed by atoms with Crippen LogP contribution in [0, 0.1) is 5.82 Å². The van der Waals surface area contributed by atoms with Gasteiger partial charge >= 0.3 is 0 Å². The highest BCUT2D eigenvalue weighted by atomic mass is 35.5. The molecule has 1 heterocycles. The van der Waals surface area contributed by atoms with E-state index in [1.54, 1.807) is 28.8 Å². The molecule has 6 nitrogen and oxygen atoms in total. The molecule has 164 valence electrons. The van der Waals surface area contributed by atoms with E-state index in [0.29, 0.717) is 46.3 Å². The van der Waals surface area contributed by atoms with Gasteiger partial charge in [0.2, 0.25) is 5.91 Å². The van der Waals surface area contributed by atoms with Gasteiger partial charge in [0.25, 0.3) is 5.56 Å². The topological polar surface area (TPSA) is 73.2 Å². The zero-order chi connectivity index (χ0) is 22.4. The molecule has 1 amide bonds. The van der Waals surface area contributed by atoms with Crippen molar-refractivity contribution >= 4 is 45.9 Å². The van der Waals surface area contributed by atoms with Gasteiger partial charge in [-0.3, -0.25) is 14.2 Å². The Kier molecular flexibility index (Phi) is 8.06. The van der Waals surface area contributed by atoms with Crippen molar-refractivity contribution in [2.24, 2.45) is 0 Å². The van der Waals surface area contributed by atoms with Crippen LogP contribution in [0.3, 0.4) is 0 Å². The van der Waals surface area contributed by atoms with Crippen molar-refractivity contribution < 1.29 is 13.9 Å². The molecule has 2 aromatic carbocycles. The molecule has 3 aromatic rings. The van der Waals surface area contributed by atoms with Gasteiger partial charge in [0.05, 0.1) is 22.8 Å². The number of nitrogens with one attached hydrogen (secondary N) is 1. The molecule has 1 aromatic heterocycles. The molecule has 0 aliphatic rings. The third-order valence-electron chi connectivity index (χ3n) is 4.30. The molecule has 0 atom stereocenters. The number of amides is 1. The van der Waals surface area contributed by atoms with Gasteiger partial charge in [0.15, 0.2) is 5.16 Å². The quantitative estimate of drug-likeness (QED) is 0.282. The first kappa shape index (κ1) is 23.2. The number of halogens is 2. The number of hydrogen-bond donors (Lipinski definition) is 1. The van der Waals surface area contributed by atoms with E-state index in [1.165, 1.54) is 18.2 Å². The zero-order valence-electron chi connectivity index (χ0n) is 17.2. The Balaban J connectivity index is 1.79. The second-order valence-electron chi connectivity index (χ2n) is 7.13. The van der Waals surface area contributed by atoms with E-state index in [9.17, 15) is 14.0 Å². The molecule has 0 radical (unpaired) electrons. The van der Waals surface area contributed by atoms with Gasteiger partial charge in [-0.25, -0.2) is 9.37 Å². The monoisotopic (exact) mass is 463 g/mol. The van der Waals surface area contributed by atoms with Crippen molar-refractivity contribution in [3.05, 3.63) is 63.7 Å². The number of aromatic nitrogens is 2. The number of nitrogens with zero attached hydrogens (tertiary/aromatic N) is 2. The maximum atomic E-state index is 13.3. The number of carbonyl (C=O) groups is 1. The average Bonchev–Trinajstić information content (AvgIpc) is 2.70. The summed E-state index contributed by atoms with van der Waals surface area (Å²) in [5, 5.41) is 3.99. The Morgan fingerprint density at radius 3 is 2.84 bits per heavy atom. The minimum Gasteiger partial charge on any atom is -0.379 e. The fraction of sp³-hybridized carbons (Fsp3) is 0.318. The molecule has 1 N–H and O–H groups in total. The summed E-state index contributed by atoms with van der Waals surface area (Å²) >= 11 is 7.20. The van der Waals surface area contributed by atoms with E-state index in [2.05, 4.69) is 10.3 Å². The third-order valence-corrected chi connectivity index (χ3v) is 5.51. The summed E-state index contributed by atoms with van der Waals surface area (Å²) in [5.41, 5.74) is 0.645. The largest absolute Gasteiger partial charge is 0.379 e. The lowest BCUT2D eigenvalue weighted by atomic mass is 10.2. The summed E-state index contributed by atoms with van der Waals surface area (Å²) in [6.45, 7) is 4.82. The predicted molar refractivity (Wildman–Crippen MR) is 122 cm³/mol. The summed E-state index contributed by atoms with van der Waals surface area (Å²) < 4.78 is 20.4. The van der Waals surface area contributed by atoms with Gasteiger partial charge in [-0.05, 0) is 56.7 Å². The lowest BCUT2D eigenvalue weighted by Gasteiger charge is -2.14. The first-order valence-electron chi connectivity index (χ1n) is 9.83. The highest BCUT2D eigenvalue weighted by molar-refractivity contribution is 7.99. The van der Waals surface area contributed by atoms with Crippen molar-refractivity contribution in [1.82, 2.24) is 9.55 Å². The van der Waals surface area contributed by atoms with E-state index in [0.717, 1.165) is 11.8 Å². The number of carbonyl (C=O) groups excluding carboxylic acids is 1. The van der Waals surface area contributed by atoms with Crippen LogP contribution in [0.1, 0.15) is 20.3 Å². The Bertz CT molecular complexity index is 1140. The normalized spacial score (nSPS) is 11.3. The molecule has 0 bridgehead atoms. The van der Waals surface area contributed by atoms with Crippen molar-refractivity contribution in [2.75, 3.05) is 17.7 Å². The van der Waals surface area contributed by atoms with Crippen LogP contribution in [-0.2, 0) is 16.1 Å². The molecule has 0 saturated heterocycles. The smallest absolute Gasteiger partial charge is 0.262 e. The molecule has 31 heavy (non-hydrogen) atoms. The lowest BCUT2D eigenvalue weighted by molar-refractivity contribution is -0.113. The molecule has 3 rings (SSSR count). The Morgan fingerprint density at radius 1 is 1.29 bits per heavy atom. The van der Waals surface area contributed by atoms with Gasteiger partial charge < -0.3 is 10.1 Å². The van der Waals surface area contributed by atoms with E-state index < -0.39 is 5.82 Å². The predicted octanol–water partition coefficient (Wildman–Crippen LogP) is 4.73. The summed E-state index contributed by atoms with van der Waals surface area (Å²) in [7, 11) is 0. The average molecular weight is 464 g/mol. The van der Waals surface area contributed by atoms with Crippen molar-refractivity contribution in [2.45, 2.75) is 38.1 Å². The van der Waals surface area contributed by atoms with E-state index in [-0.39, 0.29) is 23.3 Å². The number of benzene rings is 2. The molecule has 0 spiro atoms. The first-order chi connectivity index (χ1) is 14.8.